The summed E-state index contributed by atoms with van der Waals surface area (Å²) >= 11 is 7.35. The van der Waals surface area contributed by atoms with E-state index in [1.807, 2.05) is 17.9 Å². The fourth-order valence-electron chi connectivity index (χ4n) is 0.720. The number of rotatable bonds is 2. The molecule has 0 amide bonds. The summed E-state index contributed by atoms with van der Waals surface area (Å²) in [6.07, 6.45) is 4.67. The summed E-state index contributed by atoms with van der Waals surface area (Å²) in [7, 11) is 0. The van der Waals surface area contributed by atoms with Crippen molar-refractivity contribution in [3.8, 4) is 0 Å². The first-order valence-corrected chi connectivity index (χ1v) is 4.57. The van der Waals surface area contributed by atoms with Gasteiger partial charge in [-0.25, -0.2) is 0 Å². The van der Waals surface area contributed by atoms with Gasteiger partial charge in [0, 0.05) is 6.54 Å². The van der Waals surface area contributed by atoms with Crippen molar-refractivity contribution in [1.29, 1.82) is 0 Å². The van der Waals surface area contributed by atoms with Crippen molar-refractivity contribution in [2.75, 3.05) is 6.26 Å². The molecule has 0 atom stereocenters. The molecule has 0 fully saturated rings. The summed E-state index contributed by atoms with van der Waals surface area (Å²) in [5, 5.41) is 5.55. The van der Waals surface area contributed by atoms with Crippen LogP contribution in [-0.4, -0.2) is 16.0 Å². The molecule has 0 saturated heterocycles. The predicted octanol–water partition coefficient (Wildman–Crippen LogP) is 2.08. The molecule has 1 aromatic heterocycles. The predicted molar refractivity (Wildman–Crippen MR) is 43.5 cm³/mol. The van der Waals surface area contributed by atoms with E-state index < -0.39 is 0 Å². The van der Waals surface area contributed by atoms with Gasteiger partial charge in [-0.15, -0.1) is 11.8 Å². The topological polar surface area (TPSA) is 17.8 Å². The number of halogens is 1. The lowest BCUT2D eigenvalue weighted by Gasteiger charge is -1.99. The quantitative estimate of drug-likeness (QED) is 0.641. The minimum absolute atomic E-state index is 0.620. The zero-order valence-corrected chi connectivity index (χ0v) is 7.46. The molecule has 1 heterocycles. The molecular formula is C6H8ClN2S. The molecule has 0 aliphatic heterocycles. The van der Waals surface area contributed by atoms with Crippen LogP contribution in [0.2, 0.25) is 5.02 Å². The van der Waals surface area contributed by atoms with Crippen LogP contribution >= 0.6 is 23.4 Å². The fraction of sp³-hybridized carbons (Fsp3) is 0.500. The third-order valence-electron chi connectivity index (χ3n) is 1.18. The van der Waals surface area contributed by atoms with E-state index >= 15 is 0 Å². The monoisotopic (exact) mass is 175 g/mol. The number of hydrogen-bond donors (Lipinski definition) is 0. The maximum Gasteiger partial charge on any atom is 0.134 e. The highest BCUT2D eigenvalue weighted by atomic mass is 35.5. The normalized spacial score (nSPS) is 10.3. The van der Waals surface area contributed by atoms with Crippen molar-refractivity contribution >= 4 is 23.4 Å². The highest BCUT2D eigenvalue weighted by molar-refractivity contribution is 7.98. The van der Waals surface area contributed by atoms with Crippen molar-refractivity contribution in [2.45, 2.75) is 18.5 Å². The van der Waals surface area contributed by atoms with Crippen molar-refractivity contribution in [2.24, 2.45) is 0 Å². The molecular weight excluding hydrogens is 168 g/mol. The minimum atomic E-state index is 0.620. The van der Waals surface area contributed by atoms with E-state index in [-0.39, 0.29) is 0 Å². The number of aryl methyl sites for hydroxylation is 1. The third kappa shape index (κ3) is 1.30. The molecule has 1 rings (SSSR count). The summed E-state index contributed by atoms with van der Waals surface area (Å²) in [5.41, 5.74) is 0. The summed E-state index contributed by atoms with van der Waals surface area (Å²) in [4.78, 5) is 0. The Hall–Kier alpha value is -0.150. The van der Waals surface area contributed by atoms with E-state index in [4.69, 9.17) is 11.6 Å². The second-order valence-electron chi connectivity index (χ2n) is 1.75. The van der Waals surface area contributed by atoms with E-state index in [2.05, 4.69) is 11.3 Å². The first kappa shape index (κ1) is 7.95. The van der Waals surface area contributed by atoms with E-state index in [1.54, 1.807) is 11.8 Å². The van der Waals surface area contributed by atoms with E-state index in [0.29, 0.717) is 5.02 Å². The second kappa shape index (κ2) is 3.30. The molecule has 1 aromatic rings. The SMILES string of the molecule is CCn1n[c]c(Cl)c1SC. The first-order valence-electron chi connectivity index (χ1n) is 2.97. The van der Waals surface area contributed by atoms with Crippen molar-refractivity contribution in [3.05, 3.63) is 11.2 Å². The van der Waals surface area contributed by atoms with Crippen molar-refractivity contribution in [1.82, 2.24) is 9.78 Å². The van der Waals surface area contributed by atoms with Gasteiger partial charge in [0.25, 0.3) is 0 Å². The van der Waals surface area contributed by atoms with Gasteiger partial charge in [0.1, 0.15) is 16.2 Å². The van der Waals surface area contributed by atoms with Gasteiger partial charge in [0.05, 0.1) is 0 Å². The minimum Gasteiger partial charge on any atom is -0.257 e. The Morgan fingerprint density at radius 2 is 2.50 bits per heavy atom. The van der Waals surface area contributed by atoms with E-state index in [1.165, 1.54) is 0 Å². The number of nitrogens with zero attached hydrogens (tertiary/aromatic N) is 2. The van der Waals surface area contributed by atoms with Crippen LogP contribution < -0.4 is 0 Å². The van der Waals surface area contributed by atoms with Crippen LogP contribution in [0.1, 0.15) is 6.92 Å². The molecule has 0 bridgehead atoms. The summed E-state index contributed by atoms with van der Waals surface area (Å²) < 4.78 is 1.83. The second-order valence-corrected chi connectivity index (χ2v) is 2.92. The third-order valence-corrected chi connectivity index (χ3v) is 2.36. The van der Waals surface area contributed by atoms with Gasteiger partial charge in [0.2, 0.25) is 0 Å². The van der Waals surface area contributed by atoms with Crippen LogP contribution in [0.4, 0.5) is 0 Å². The molecule has 55 valence electrons. The Balaban J connectivity index is 3.01. The van der Waals surface area contributed by atoms with Gasteiger partial charge in [-0.3, -0.25) is 4.68 Å². The van der Waals surface area contributed by atoms with Gasteiger partial charge in [-0.05, 0) is 13.2 Å². The lowest BCUT2D eigenvalue weighted by molar-refractivity contribution is 0.605. The van der Waals surface area contributed by atoms with Crippen LogP contribution in [0, 0.1) is 6.20 Å². The van der Waals surface area contributed by atoms with Crippen LogP contribution in [-0.2, 0) is 6.54 Å². The Bertz CT molecular complexity index is 222. The molecule has 0 aliphatic carbocycles. The number of aromatic nitrogens is 2. The summed E-state index contributed by atoms with van der Waals surface area (Å²) in [5.74, 6) is 0. The average molecular weight is 176 g/mol. The van der Waals surface area contributed by atoms with E-state index in [9.17, 15) is 0 Å². The molecule has 10 heavy (non-hydrogen) atoms. The summed E-state index contributed by atoms with van der Waals surface area (Å²) in [6, 6.07) is 0. The molecule has 0 aromatic carbocycles. The van der Waals surface area contributed by atoms with E-state index in [0.717, 1.165) is 11.6 Å². The largest absolute Gasteiger partial charge is 0.257 e. The van der Waals surface area contributed by atoms with Crippen LogP contribution in [0.5, 0.6) is 0 Å². The van der Waals surface area contributed by atoms with Crippen LogP contribution in [0.25, 0.3) is 0 Å². The molecule has 4 heteroatoms. The smallest absolute Gasteiger partial charge is 0.134 e. The number of hydrogen-bond acceptors (Lipinski definition) is 2. The molecule has 1 radical (unpaired) electrons. The van der Waals surface area contributed by atoms with Gasteiger partial charge in [-0.2, -0.15) is 5.10 Å². The Labute approximate surface area is 69.6 Å². The zero-order chi connectivity index (χ0) is 7.56. The molecule has 0 N–H and O–H groups in total. The Morgan fingerprint density at radius 1 is 1.80 bits per heavy atom. The van der Waals surface area contributed by atoms with Crippen molar-refractivity contribution in [3.63, 3.8) is 0 Å². The number of thioether (sulfide) groups is 1. The first-order chi connectivity index (χ1) is 4.79. The highest BCUT2D eigenvalue weighted by Gasteiger charge is 2.05. The van der Waals surface area contributed by atoms with Crippen molar-refractivity contribution < 1.29 is 0 Å². The lowest BCUT2D eigenvalue weighted by Crippen LogP contribution is -1.96. The fourth-order valence-corrected chi connectivity index (χ4v) is 1.69. The molecule has 0 unspecified atom stereocenters. The van der Waals surface area contributed by atoms with Gasteiger partial charge in [0.15, 0.2) is 0 Å². The van der Waals surface area contributed by atoms with Crippen LogP contribution in [0.15, 0.2) is 5.03 Å². The van der Waals surface area contributed by atoms with Gasteiger partial charge < -0.3 is 0 Å². The molecule has 0 saturated carbocycles. The lowest BCUT2D eigenvalue weighted by atomic mass is 10.7. The molecule has 0 spiro atoms. The van der Waals surface area contributed by atoms with Crippen LogP contribution in [0.3, 0.4) is 0 Å². The highest BCUT2D eigenvalue weighted by Crippen LogP contribution is 2.23. The summed E-state index contributed by atoms with van der Waals surface area (Å²) in [6.45, 7) is 2.87. The van der Waals surface area contributed by atoms with Gasteiger partial charge >= 0.3 is 0 Å². The zero-order valence-electron chi connectivity index (χ0n) is 5.89. The maximum atomic E-state index is 5.76. The maximum absolute atomic E-state index is 5.76. The Kier molecular flexibility index (Phi) is 2.63. The van der Waals surface area contributed by atoms with Gasteiger partial charge in [-0.1, -0.05) is 11.6 Å². The molecule has 2 nitrogen and oxygen atoms in total. The molecule has 0 aliphatic rings. The Morgan fingerprint density at radius 3 is 2.90 bits per heavy atom. The standard InChI is InChI=1S/C6H8ClN2S/c1-3-9-6(10-2)5(7)4-8-9/h3H2,1-2H3. The average Bonchev–Trinajstić information content (AvgIpc) is 2.30.